The third-order valence-corrected chi connectivity index (χ3v) is 8.95. The Bertz CT molecular complexity index is 1140. The third kappa shape index (κ3) is 4.87. The Morgan fingerprint density at radius 3 is 2.42 bits per heavy atom. The average molecular weight is 555 g/mol. The van der Waals surface area contributed by atoms with E-state index in [1.54, 1.807) is 17.9 Å². The molecule has 0 radical (unpaired) electrons. The summed E-state index contributed by atoms with van der Waals surface area (Å²) >= 11 is 0. The highest BCUT2D eigenvalue weighted by Crippen LogP contribution is 2.64. The lowest BCUT2D eigenvalue weighted by Gasteiger charge is -2.46. The monoisotopic (exact) mass is 554 g/mol. The maximum absolute atomic E-state index is 14.9. The Hall–Kier alpha value is -2.71. The molecule has 4 rings (SSSR count). The summed E-state index contributed by atoms with van der Waals surface area (Å²) in [6, 6.07) is 7.43. The van der Waals surface area contributed by atoms with E-state index in [4.69, 9.17) is 9.47 Å². The molecule has 40 heavy (non-hydrogen) atoms. The Labute approximate surface area is 238 Å². The second-order valence-electron chi connectivity index (χ2n) is 13.6. The fourth-order valence-corrected chi connectivity index (χ4v) is 7.90. The summed E-state index contributed by atoms with van der Waals surface area (Å²) in [6.07, 6.45) is 3.40. The number of ether oxygens (including phenoxy) is 2. The van der Waals surface area contributed by atoms with E-state index in [1.165, 1.54) is 4.90 Å². The number of amides is 2. The number of esters is 1. The molecule has 3 fully saturated rings. The van der Waals surface area contributed by atoms with Gasteiger partial charge in [0.2, 0.25) is 11.8 Å². The molecule has 3 heterocycles. The van der Waals surface area contributed by atoms with Gasteiger partial charge in [0.1, 0.15) is 17.6 Å². The van der Waals surface area contributed by atoms with Crippen LogP contribution in [0.5, 0.6) is 0 Å². The van der Waals surface area contributed by atoms with Crippen molar-refractivity contribution in [2.45, 2.75) is 96.6 Å². The maximum atomic E-state index is 14.9. The maximum Gasteiger partial charge on any atom is 0.312 e. The van der Waals surface area contributed by atoms with Crippen molar-refractivity contribution >= 4 is 17.8 Å². The van der Waals surface area contributed by atoms with Gasteiger partial charge in [0.15, 0.2) is 0 Å². The van der Waals surface area contributed by atoms with Crippen molar-refractivity contribution in [1.29, 1.82) is 0 Å². The van der Waals surface area contributed by atoms with Gasteiger partial charge in [-0.15, -0.1) is 6.58 Å². The molecule has 220 valence electrons. The van der Waals surface area contributed by atoms with E-state index in [1.807, 2.05) is 51.1 Å². The largest absolute Gasteiger partial charge is 0.466 e. The molecular weight excluding hydrogens is 508 g/mol. The quantitative estimate of drug-likeness (QED) is 0.343. The highest BCUT2D eigenvalue weighted by Gasteiger charge is 2.79. The van der Waals surface area contributed by atoms with E-state index in [-0.39, 0.29) is 37.0 Å². The first-order valence-electron chi connectivity index (χ1n) is 14.4. The van der Waals surface area contributed by atoms with Crippen molar-refractivity contribution in [2.24, 2.45) is 17.3 Å². The zero-order chi connectivity index (χ0) is 29.7. The summed E-state index contributed by atoms with van der Waals surface area (Å²) < 4.78 is 12.2. The molecule has 1 spiro atoms. The van der Waals surface area contributed by atoms with Gasteiger partial charge >= 0.3 is 5.97 Å². The van der Waals surface area contributed by atoms with Crippen LogP contribution in [0.25, 0.3) is 0 Å². The molecule has 1 aromatic rings. The molecule has 2 unspecified atom stereocenters. The number of likely N-dealkylation sites (tertiary alicyclic amines) is 1. The van der Waals surface area contributed by atoms with E-state index in [0.29, 0.717) is 24.8 Å². The predicted molar refractivity (Wildman–Crippen MR) is 152 cm³/mol. The van der Waals surface area contributed by atoms with Gasteiger partial charge < -0.3 is 24.4 Å². The normalized spacial score (nSPS) is 30.2. The first-order chi connectivity index (χ1) is 18.7. The highest BCUT2D eigenvalue weighted by molar-refractivity contribution is 5.99. The minimum atomic E-state index is -1.21. The van der Waals surface area contributed by atoms with E-state index in [2.05, 4.69) is 27.4 Å². The molecule has 3 saturated heterocycles. The molecule has 0 aromatic heterocycles. The molecule has 1 aromatic carbocycles. The van der Waals surface area contributed by atoms with Crippen LogP contribution in [0.4, 0.5) is 0 Å². The number of hydrogen-bond donors (Lipinski definition) is 1. The van der Waals surface area contributed by atoms with Gasteiger partial charge in [0.05, 0.1) is 30.8 Å². The fraction of sp³-hybridized carbons (Fsp3) is 0.656. The summed E-state index contributed by atoms with van der Waals surface area (Å²) in [5, 5.41) is 10.7. The summed E-state index contributed by atoms with van der Waals surface area (Å²) in [5.74, 6) is -2.80. The van der Waals surface area contributed by atoms with Crippen molar-refractivity contribution in [2.75, 3.05) is 19.8 Å². The third-order valence-electron chi connectivity index (χ3n) is 8.95. The molecule has 2 amide bonds. The number of hydrogen-bond acceptors (Lipinski definition) is 6. The zero-order valence-corrected chi connectivity index (χ0v) is 25.1. The van der Waals surface area contributed by atoms with Crippen LogP contribution in [0.15, 0.2) is 43.0 Å². The lowest BCUT2D eigenvalue weighted by atomic mass is 9.66. The second-order valence-corrected chi connectivity index (χ2v) is 13.6. The van der Waals surface area contributed by atoms with Gasteiger partial charge in [0.25, 0.3) is 0 Å². The second kappa shape index (κ2) is 10.6. The summed E-state index contributed by atoms with van der Waals surface area (Å²) in [5.41, 5.74) is -2.05. The topological polar surface area (TPSA) is 96.4 Å². The molecule has 2 bridgehead atoms. The van der Waals surface area contributed by atoms with Crippen LogP contribution in [0.2, 0.25) is 0 Å². The Morgan fingerprint density at radius 2 is 1.88 bits per heavy atom. The van der Waals surface area contributed by atoms with Gasteiger partial charge in [0, 0.05) is 12.1 Å². The Balaban J connectivity index is 1.89. The number of nitrogens with zero attached hydrogens (tertiary/aromatic N) is 2. The van der Waals surface area contributed by atoms with Gasteiger partial charge in [-0.1, -0.05) is 57.2 Å². The van der Waals surface area contributed by atoms with Crippen molar-refractivity contribution < 1.29 is 29.0 Å². The smallest absolute Gasteiger partial charge is 0.312 e. The first kappa shape index (κ1) is 30.3. The molecular formula is C32H46N2O6. The Kier molecular flexibility index (Phi) is 8.02. The summed E-state index contributed by atoms with van der Waals surface area (Å²) in [4.78, 5) is 46.1. The molecule has 1 N–H and O–H groups in total. The lowest BCUT2D eigenvalue weighted by Crippen LogP contribution is -2.61. The molecule has 8 heteroatoms. The molecule has 8 nitrogen and oxygen atoms in total. The average Bonchev–Trinajstić information content (AvgIpc) is 3.43. The number of rotatable bonds is 10. The van der Waals surface area contributed by atoms with Crippen LogP contribution in [-0.2, 0) is 23.9 Å². The molecule has 6 atom stereocenters. The number of aliphatic hydroxyl groups is 1. The zero-order valence-electron chi connectivity index (χ0n) is 25.1. The minimum Gasteiger partial charge on any atom is -0.466 e. The van der Waals surface area contributed by atoms with E-state index in [9.17, 15) is 19.5 Å². The number of benzene rings is 1. The molecule has 0 aliphatic carbocycles. The van der Waals surface area contributed by atoms with Crippen LogP contribution in [0, 0.1) is 17.3 Å². The number of carbonyl (C=O) groups excluding carboxylic acids is 3. The standard InChI is InChI=1S/C32H46N2O6/c1-9-18-33(30(6,7)20-29(3,4)5)27(37)25-32-17-16-31(8,40-32)24(28(38)39-10-2)23(32)26(36)34(25)22(19-35)21-14-12-11-13-15-21/h9,11-15,22-25,35H,1,10,16-20H2,2-8H3/t22-,23+,24-,25?,31+,32?/m1/s1. The predicted octanol–water partition coefficient (Wildman–Crippen LogP) is 4.28. The van der Waals surface area contributed by atoms with Crippen LogP contribution in [0.1, 0.15) is 79.3 Å². The number of carbonyl (C=O) groups is 3. The fourth-order valence-electron chi connectivity index (χ4n) is 7.90. The molecule has 0 saturated carbocycles. The van der Waals surface area contributed by atoms with Crippen LogP contribution < -0.4 is 0 Å². The van der Waals surface area contributed by atoms with Crippen LogP contribution in [-0.4, -0.2) is 75.2 Å². The van der Waals surface area contributed by atoms with Crippen molar-refractivity contribution in [3.8, 4) is 0 Å². The van der Waals surface area contributed by atoms with E-state index in [0.717, 1.165) is 0 Å². The first-order valence-corrected chi connectivity index (χ1v) is 14.4. The van der Waals surface area contributed by atoms with E-state index >= 15 is 0 Å². The summed E-state index contributed by atoms with van der Waals surface area (Å²) in [7, 11) is 0. The number of aliphatic hydroxyl groups excluding tert-OH is 1. The van der Waals surface area contributed by atoms with Crippen molar-refractivity contribution in [3.05, 3.63) is 48.6 Å². The molecule has 3 aliphatic heterocycles. The van der Waals surface area contributed by atoms with Crippen molar-refractivity contribution in [1.82, 2.24) is 9.80 Å². The Morgan fingerprint density at radius 1 is 1.23 bits per heavy atom. The minimum absolute atomic E-state index is 0.0718. The van der Waals surface area contributed by atoms with E-state index < -0.39 is 46.6 Å². The van der Waals surface area contributed by atoms with Crippen LogP contribution in [0.3, 0.4) is 0 Å². The van der Waals surface area contributed by atoms with Crippen molar-refractivity contribution in [3.63, 3.8) is 0 Å². The number of fused-ring (bicyclic) bond motifs is 1. The highest BCUT2D eigenvalue weighted by atomic mass is 16.6. The molecule has 3 aliphatic rings. The summed E-state index contributed by atoms with van der Waals surface area (Å²) in [6.45, 7) is 18.1. The van der Waals surface area contributed by atoms with Gasteiger partial charge in [-0.05, 0) is 57.9 Å². The van der Waals surface area contributed by atoms with Gasteiger partial charge in [-0.3, -0.25) is 14.4 Å². The van der Waals surface area contributed by atoms with Gasteiger partial charge in [-0.25, -0.2) is 0 Å². The lowest BCUT2D eigenvalue weighted by molar-refractivity contribution is -0.163. The van der Waals surface area contributed by atoms with Crippen LogP contribution >= 0.6 is 0 Å². The SMILES string of the molecule is C=CCN(C(=O)C1N([C@H](CO)c2ccccc2)C(=O)[C@@H]2[C@H](C(=O)OCC)[C@]3(C)CCC12O3)C(C)(C)CC(C)(C)C. The van der Waals surface area contributed by atoms with Gasteiger partial charge in [-0.2, -0.15) is 0 Å².